The molecule has 2 aromatic rings. The van der Waals surface area contributed by atoms with Crippen LogP contribution in [-0.4, -0.2) is 56.1 Å². The maximum absolute atomic E-state index is 12.2. The summed E-state index contributed by atoms with van der Waals surface area (Å²) >= 11 is 0. The minimum absolute atomic E-state index is 0.124. The van der Waals surface area contributed by atoms with Gasteiger partial charge in [-0.1, -0.05) is 36.4 Å². The average molecular weight is 441 g/mol. The van der Waals surface area contributed by atoms with Crippen LogP contribution in [0.25, 0.3) is 0 Å². The van der Waals surface area contributed by atoms with Crippen molar-refractivity contribution < 1.29 is 19.1 Å². The first-order chi connectivity index (χ1) is 15.5. The second-order valence-corrected chi connectivity index (χ2v) is 7.26. The standard InChI is InChI=1S/C24H32N4O4/c1-3-32-16-8-14-25-23(30)20-11-7-12-21(17-20)27-22(29)13-15-26-24(31)28(2)18-19-9-5-4-6-10-19/h4-7,9-12,17H,3,8,13-16,18H2,1-2H3,(H,25,30)(H,26,31)(H,27,29). The fourth-order valence-electron chi connectivity index (χ4n) is 2.93. The van der Waals surface area contributed by atoms with Gasteiger partial charge in [-0.15, -0.1) is 0 Å². The fourth-order valence-corrected chi connectivity index (χ4v) is 2.93. The number of carbonyl (C=O) groups is 3. The highest BCUT2D eigenvalue weighted by Crippen LogP contribution is 2.11. The molecule has 0 heterocycles. The highest BCUT2D eigenvalue weighted by atomic mass is 16.5. The molecule has 4 amide bonds. The van der Waals surface area contributed by atoms with Crippen molar-refractivity contribution in [3.63, 3.8) is 0 Å². The first-order valence-corrected chi connectivity index (χ1v) is 10.8. The normalized spacial score (nSPS) is 10.3. The second-order valence-electron chi connectivity index (χ2n) is 7.26. The predicted molar refractivity (Wildman–Crippen MR) is 124 cm³/mol. The zero-order valence-electron chi connectivity index (χ0n) is 18.7. The maximum Gasteiger partial charge on any atom is 0.317 e. The Bertz CT molecular complexity index is 873. The van der Waals surface area contributed by atoms with Crippen LogP contribution in [-0.2, 0) is 16.1 Å². The Kier molecular flexibility index (Phi) is 10.7. The highest BCUT2D eigenvalue weighted by molar-refractivity contribution is 5.97. The summed E-state index contributed by atoms with van der Waals surface area (Å²) in [6.45, 7) is 4.41. The number of rotatable bonds is 12. The highest BCUT2D eigenvalue weighted by Gasteiger charge is 2.11. The number of hydrogen-bond acceptors (Lipinski definition) is 4. The van der Waals surface area contributed by atoms with Crippen molar-refractivity contribution in [3.8, 4) is 0 Å². The van der Waals surface area contributed by atoms with E-state index in [0.29, 0.717) is 37.6 Å². The summed E-state index contributed by atoms with van der Waals surface area (Å²) < 4.78 is 5.24. The van der Waals surface area contributed by atoms with Gasteiger partial charge < -0.3 is 25.6 Å². The zero-order chi connectivity index (χ0) is 23.2. The van der Waals surface area contributed by atoms with Gasteiger partial charge in [-0.25, -0.2) is 4.79 Å². The summed E-state index contributed by atoms with van der Waals surface area (Å²) in [5.41, 5.74) is 2.03. The van der Waals surface area contributed by atoms with Gasteiger partial charge in [-0.05, 0) is 37.1 Å². The van der Waals surface area contributed by atoms with Gasteiger partial charge in [0.2, 0.25) is 5.91 Å². The van der Waals surface area contributed by atoms with Gasteiger partial charge >= 0.3 is 6.03 Å². The fraction of sp³-hybridized carbons (Fsp3) is 0.375. The van der Waals surface area contributed by atoms with Gasteiger partial charge in [0, 0.05) is 57.6 Å². The summed E-state index contributed by atoms with van der Waals surface area (Å²) in [5.74, 6) is -0.448. The van der Waals surface area contributed by atoms with E-state index in [1.165, 1.54) is 0 Å². The summed E-state index contributed by atoms with van der Waals surface area (Å²) in [6, 6.07) is 16.2. The number of anilines is 1. The molecule has 0 fully saturated rings. The Morgan fingerprint density at radius 2 is 1.75 bits per heavy atom. The molecule has 8 nitrogen and oxygen atoms in total. The van der Waals surface area contributed by atoms with Crippen LogP contribution in [0.15, 0.2) is 54.6 Å². The van der Waals surface area contributed by atoms with E-state index in [4.69, 9.17) is 4.74 Å². The first kappa shape index (κ1) is 24.9. The van der Waals surface area contributed by atoms with Crippen molar-refractivity contribution in [2.45, 2.75) is 26.3 Å². The van der Waals surface area contributed by atoms with Gasteiger partial charge in [-0.2, -0.15) is 0 Å². The van der Waals surface area contributed by atoms with Crippen molar-refractivity contribution in [3.05, 3.63) is 65.7 Å². The number of amides is 4. The molecule has 8 heteroatoms. The number of carbonyl (C=O) groups excluding carboxylic acids is 3. The Hall–Kier alpha value is -3.39. The molecule has 0 saturated carbocycles. The van der Waals surface area contributed by atoms with E-state index in [1.54, 1.807) is 36.2 Å². The van der Waals surface area contributed by atoms with E-state index in [9.17, 15) is 14.4 Å². The van der Waals surface area contributed by atoms with Crippen molar-refractivity contribution in [2.24, 2.45) is 0 Å². The molecule has 0 bridgehead atoms. The summed E-state index contributed by atoms with van der Waals surface area (Å²) in [7, 11) is 1.70. The van der Waals surface area contributed by atoms with Crippen molar-refractivity contribution >= 4 is 23.5 Å². The molecule has 0 aromatic heterocycles. The predicted octanol–water partition coefficient (Wildman–Crippen LogP) is 3.01. The summed E-state index contributed by atoms with van der Waals surface area (Å²) in [6.07, 6.45) is 0.862. The largest absolute Gasteiger partial charge is 0.382 e. The number of ether oxygens (including phenoxy) is 1. The molecule has 3 N–H and O–H groups in total. The second kappa shape index (κ2) is 13.8. The van der Waals surface area contributed by atoms with Crippen LogP contribution >= 0.6 is 0 Å². The van der Waals surface area contributed by atoms with Crippen molar-refractivity contribution in [1.82, 2.24) is 15.5 Å². The van der Waals surface area contributed by atoms with Crippen LogP contribution in [0.1, 0.15) is 35.7 Å². The summed E-state index contributed by atoms with van der Waals surface area (Å²) in [4.78, 5) is 38.2. The Labute approximate surface area is 189 Å². The van der Waals surface area contributed by atoms with Crippen LogP contribution in [0.5, 0.6) is 0 Å². The number of nitrogens with zero attached hydrogens (tertiary/aromatic N) is 1. The first-order valence-electron chi connectivity index (χ1n) is 10.8. The lowest BCUT2D eigenvalue weighted by Gasteiger charge is -2.18. The van der Waals surface area contributed by atoms with E-state index in [1.807, 2.05) is 37.3 Å². The quantitative estimate of drug-likeness (QED) is 0.442. The average Bonchev–Trinajstić information content (AvgIpc) is 2.79. The number of hydrogen-bond donors (Lipinski definition) is 3. The van der Waals surface area contributed by atoms with Crippen LogP contribution < -0.4 is 16.0 Å². The van der Waals surface area contributed by atoms with Crippen LogP contribution in [0, 0.1) is 0 Å². The van der Waals surface area contributed by atoms with Gasteiger partial charge in [0.25, 0.3) is 5.91 Å². The number of urea groups is 1. The molecule has 0 radical (unpaired) electrons. The molecule has 0 atom stereocenters. The van der Waals surface area contributed by atoms with E-state index < -0.39 is 0 Å². The monoisotopic (exact) mass is 440 g/mol. The van der Waals surface area contributed by atoms with Gasteiger partial charge in [0.1, 0.15) is 0 Å². The number of nitrogens with one attached hydrogen (secondary N) is 3. The van der Waals surface area contributed by atoms with Crippen molar-refractivity contribution in [1.29, 1.82) is 0 Å². The van der Waals surface area contributed by atoms with Crippen molar-refractivity contribution in [2.75, 3.05) is 38.7 Å². The zero-order valence-corrected chi connectivity index (χ0v) is 18.7. The minimum atomic E-state index is -0.246. The maximum atomic E-state index is 12.2. The lowest BCUT2D eigenvalue weighted by Crippen LogP contribution is -2.38. The molecule has 0 aliphatic carbocycles. The van der Waals surface area contributed by atoms with Crippen LogP contribution in [0.3, 0.4) is 0 Å². The van der Waals surface area contributed by atoms with E-state index >= 15 is 0 Å². The molecular weight excluding hydrogens is 408 g/mol. The Morgan fingerprint density at radius 3 is 2.50 bits per heavy atom. The molecule has 2 rings (SSSR count). The molecule has 2 aromatic carbocycles. The van der Waals surface area contributed by atoms with E-state index in [0.717, 1.165) is 12.0 Å². The molecule has 172 valence electrons. The third kappa shape index (κ3) is 9.18. The van der Waals surface area contributed by atoms with Gasteiger partial charge in [0.05, 0.1) is 0 Å². The SMILES string of the molecule is CCOCCCNC(=O)c1cccc(NC(=O)CCNC(=O)N(C)Cc2ccccc2)c1. The number of benzene rings is 2. The third-order valence-corrected chi connectivity index (χ3v) is 4.60. The Balaban J connectivity index is 1.71. The lowest BCUT2D eigenvalue weighted by atomic mass is 10.2. The lowest BCUT2D eigenvalue weighted by molar-refractivity contribution is -0.116. The topological polar surface area (TPSA) is 99.8 Å². The Morgan fingerprint density at radius 1 is 0.969 bits per heavy atom. The van der Waals surface area contributed by atoms with Gasteiger partial charge in [-0.3, -0.25) is 9.59 Å². The minimum Gasteiger partial charge on any atom is -0.382 e. The molecule has 0 unspecified atom stereocenters. The van der Waals surface area contributed by atoms with E-state index in [2.05, 4.69) is 16.0 Å². The summed E-state index contributed by atoms with van der Waals surface area (Å²) in [5, 5.41) is 8.33. The van der Waals surface area contributed by atoms with E-state index in [-0.39, 0.29) is 30.8 Å². The van der Waals surface area contributed by atoms with Crippen LogP contribution in [0.2, 0.25) is 0 Å². The molecule has 0 aliphatic heterocycles. The molecule has 32 heavy (non-hydrogen) atoms. The van der Waals surface area contributed by atoms with Gasteiger partial charge in [0.15, 0.2) is 0 Å². The molecule has 0 saturated heterocycles. The molecular formula is C24H32N4O4. The van der Waals surface area contributed by atoms with Crippen LogP contribution in [0.4, 0.5) is 10.5 Å². The smallest absolute Gasteiger partial charge is 0.317 e. The molecule has 0 aliphatic rings. The molecule has 0 spiro atoms. The third-order valence-electron chi connectivity index (χ3n) is 4.60.